The first kappa shape index (κ1) is 31.4. The molecule has 4 fully saturated rings. The van der Waals surface area contributed by atoms with Crippen LogP contribution in [0.2, 0.25) is 0 Å². The number of aromatic nitrogens is 2. The summed E-state index contributed by atoms with van der Waals surface area (Å²) in [6, 6.07) is 4.40. The second-order valence-electron chi connectivity index (χ2n) is 13.3. The molecule has 0 bridgehead atoms. The van der Waals surface area contributed by atoms with Crippen LogP contribution in [0, 0.1) is 28.9 Å². The zero-order chi connectivity index (χ0) is 33.5. The van der Waals surface area contributed by atoms with E-state index < -0.39 is 46.2 Å². The maximum absolute atomic E-state index is 17.1. The molecule has 0 aliphatic carbocycles. The third-order valence-corrected chi connectivity index (χ3v) is 11.6. The first-order valence-corrected chi connectivity index (χ1v) is 16.8. The van der Waals surface area contributed by atoms with Gasteiger partial charge in [-0.25, -0.2) is 13.2 Å². The number of nitrogens with one attached hydrogen (secondary N) is 1. The van der Waals surface area contributed by atoms with Crippen molar-refractivity contribution in [2.75, 3.05) is 50.0 Å². The number of fused-ring (bicyclic) bond motifs is 4. The Bertz CT molecular complexity index is 2000. The number of hydrogen-bond donors (Lipinski definition) is 2. The van der Waals surface area contributed by atoms with Crippen LogP contribution in [0.3, 0.4) is 0 Å². The Morgan fingerprint density at radius 2 is 2.02 bits per heavy atom. The fourth-order valence-corrected chi connectivity index (χ4v) is 9.41. The number of ether oxygens (including phenoxy) is 1. The molecular formula is C33H31F6N7OS. The summed E-state index contributed by atoms with van der Waals surface area (Å²) in [5.41, 5.74) is 2.25. The summed E-state index contributed by atoms with van der Waals surface area (Å²) in [6.07, 6.45) is -2.73. The highest BCUT2D eigenvalue weighted by Crippen LogP contribution is 2.49. The van der Waals surface area contributed by atoms with Crippen molar-refractivity contribution in [1.29, 1.82) is 5.26 Å². The smallest absolute Gasteiger partial charge is 0.417 e. The van der Waals surface area contributed by atoms with Crippen molar-refractivity contribution < 1.29 is 31.1 Å². The van der Waals surface area contributed by atoms with E-state index in [0.717, 1.165) is 50.6 Å². The maximum Gasteiger partial charge on any atom is 0.417 e. The lowest BCUT2D eigenvalue weighted by molar-refractivity contribution is -0.137. The second-order valence-corrected chi connectivity index (χ2v) is 14.3. The van der Waals surface area contributed by atoms with Gasteiger partial charge in [0.15, 0.2) is 5.82 Å². The zero-order valence-corrected chi connectivity index (χ0v) is 26.5. The summed E-state index contributed by atoms with van der Waals surface area (Å²) in [6.45, 7) is 3.01. The van der Waals surface area contributed by atoms with Gasteiger partial charge in [-0.05, 0) is 68.9 Å². The van der Waals surface area contributed by atoms with Gasteiger partial charge in [0, 0.05) is 41.9 Å². The predicted molar refractivity (Wildman–Crippen MR) is 170 cm³/mol. The Kier molecular flexibility index (Phi) is 7.42. The monoisotopic (exact) mass is 687 g/mol. The number of rotatable bonds is 5. The van der Waals surface area contributed by atoms with Gasteiger partial charge in [-0.2, -0.15) is 28.4 Å². The predicted octanol–water partition coefficient (Wildman–Crippen LogP) is 6.41. The molecular weight excluding hydrogens is 656 g/mol. The van der Waals surface area contributed by atoms with Gasteiger partial charge in [-0.3, -0.25) is 4.90 Å². The molecule has 4 atom stereocenters. The molecule has 8 rings (SSSR count). The molecule has 4 saturated heterocycles. The van der Waals surface area contributed by atoms with Gasteiger partial charge in [-0.15, -0.1) is 11.3 Å². The van der Waals surface area contributed by atoms with Crippen molar-refractivity contribution >= 4 is 43.1 Å². The molecule has 2 aromatic carbocycles. The SMILES string of the molecule is N#Cc1c(N)sc2c(F)ccc(-c3c(C(F)(F)F)cc4c(N5CC[C@H]6CNCC[C@H]65)nc(OC[C@@]56CCCN5C[C@H](F)C6)nc4c3F)c12. The summed E-state index contributed by atoms with van der Waals surface area (Å²) in [5, 5.41) is 12.8. The molecule has 0 radical (unpaired) electrons. The molecule has 2 aromatic heterocycles. The number of nitrogens with zero attached hydrogens (tertiary/aromatic N) is 5. The largest absolute Gasteiger partial charge is 0.461 e. The van der Waals surface area contributed by atoms with E-state index in [9.17, 15) is 27.2 Å². The Labute approximate surface area is 275 Å². The van der Waals surface area contributed by atoms with Gasteiger partial charge in [-0.1, -0.05) is 6.07 Å². The number of piperidine rings is 1. The number of hydrogen-bond acceptors (Lipinski definition) is 9. The lowest BCUT2D eigenvalue weighted by atomic mass is 9.92. The molecule has 0 saturated carbocycles. The summed E-state index contributed by atoms with van der Waals surface area (Å²) in [4.78, 5) is 13.0. The van der Waals surface area contributed by atoms with E-state index >= 15 is 4.39 Å². The number of nitrogen functional groups attached to an aromatic ring is 1. The number of nitriles is 1. The maximum atomic E-state index is 17.1. The number of alkyl halides is 4. The van der Waals surface area contributed by atoms with E-state index in [4.69, 9.17) is 10.5 Å². The van der Waals surface area contributed by atoms with Crippen molar-refractivity contribution in [2.24, 2.45) is 5.92 Å². The summed E-state index contributed by atoms with van der Waals surface area (Å²) >= 11 is 0.708. The lowest BCUT2D eigenvalue weighted by Crippen LogP contribution is -2.44. The normalized spacial score (nSPS) is 25.9. The summed E-state index contributed by atoms with van der Waals surface area (Å²) in [5.74, 6) is -1.74. The Balaban J connectivity index is 1.35. The van der Waals surface area contributed by atoms with E-state index in [1.54, 1.807) is 0 Å². The number of thiophene rings is 1. The van der Waals surface area contributed by atoms with E-state index in [0.29, 0.717) is 37.4 Å². The average molecular weight is 688 g/mol. The molecule has 15 heteroatoms. The van der Waals surface area contributed by atoms with Crippen LogP contribution >= 0.6 is 11.3 Å². The molecule has 3 N–H and O–H groups in total. The number of anilines is 2. The molecule has 4 aliphatic rings. The molecule has 48 heavy (non-hydrogen) atoms. The van der Waals surface area contributed by atoms with Crippen LogP contribution in [-0.4, -0.2) is 72.0 Å². The Morgan fingerprint density at radius 1 is 1.19 bits per heavy atom. The van der Waals surface area contributed by atoms with E-state index in [2.05, 4.69) is 15.3 Å². The van der Waals surface area contributed by atoms with E-state index in [1.807, 2.05) is 15.9 Å². The first-order valence-electron chi connectivity index (χ1n) is 16.0. The highest BCUT2D eigenvalue weighted by molar-refractivity contribution is 7.23. The van der Waals surface area contributed by atoms with Crippen LogP contribution in [0.4, 0.5) is 37.2 Å². The zero-order valence-electron chi connectivity index (χ0n) is 25.6. The Hall–Kier alpha value is -3.87. The van der Waals surface area contributed by atoms with Crippen LogP contribution in [0.25, 0.3) is 32.1 Å². The van der Waals surface area contributed by atoms with Gasteiger partial charge in [0.25, 0.3) is 0 Å². The molecule has 4 aliphatic heterocycles. The number of nitrogens with two attached hydrogens (primary N) is 1. The standard InChI is InChI=1S/C33H31F6N7OS/c34-17-11-32(6-1-8-45(32)14-17)15-47-31-43-27-19(30(44-31)46-9-5-16-13-42-7-4-23(16)46)10-21(33(37,38)39)25(26(27)36)18-2-3-22(35)28-24(18)20(12-40)29(41)48-28/h2-3,10,16-17,23,42H,1,4-9,11,13-15,41H2/t16-,17+,23+,32-/m0/s1. The average Bonchev–Trinajstić information content (AvgIpc) is 3.80. The van der Waals surface area contributed by atoms with Crippen molar-refractivity contribution in [1.82, 2.24) is 20.2 Å². The minimum absolute atomic E-state index is 0.0380. The molecule has 252 valence electrons. The van der Waals surface area contributed by atoms with Crippen LogP contribution in [0.15, 0.2) is 18.2 Å². The molecule has 0 spiro atoms. The highest BCUT2D eigenvalue weighted by atomic mass is 32.1. The van der Waals surface area contributed by atoms with Crippen LogP contribution in [-0.2, 0) is 6.18 Å². The van der Waals surface area contributed by atoms with Gasteiger partial charge in [0.2, 0.25) is 0 Å². The van der Waals surface area contributed by atoms with Crippen LogP contribution < -0.4 is 20.7 Å². The van der Waals surface area contributed by atoms with Crippen molar-refractivity contribution in [2.45, 2.75) is 56.0 Å². The minimum atomic E-state index is -5.05. The fraction of sp³-hybridized carbons (Fsp3) is 0.485. The topological polar surface area (TPSA) is 103 Å². The van der Waals surface area contributed by atoms with Gasteiger partial charge >= 0.3 is 12.2 Å². The number of halogens is 6. The van der Waals surface area contributed by atoms with Crippen LogP contribution in [0.5, 0.6) is 6.01 Å². The highest BCUT2D eigenvalue weighted by Gasteiger charge is 2.49. The van der Waals surface area contributed by atoms with Crippen molar-refractivity contribution in [3.63, 3.8) is 0 Å². The van der Waals surface area contributed by atoms with Gasteiger partial charge in [0.05, 0.1) is 21.4 Å². The lowest BCUT2D eigenvalue weighted by Gasteiger charge is -2.34. The summed E-state index contributed by atoms with van der Waals surface area (Å²) < 4.78 is 97.4. The molecule has 0 unspecified atom stereocenters. The van der Waals surface area contributed by atoms with Crippen molar-refractivity contribution in [3.8, 4) is 23.2 Å². The molecule has 4 aromatic rings. The van der Waals surface area contributed by atoms with Crippen molar-refractivity contribution in [3.05, 3.63) is 41.0 Å². The third-order valence-electron chi connectivity index (χ3n) is 10.6. The summed E-state index contributed by atoms with van der Waals surface area (Å²) in [7, 11) is 0. The molecule has 8 nitrogen and oxygen atoms in total. The number of benzene rings is 2. The quantitative estimate of drug-likeness (QED) is 0.232. The van der Waals surface area contributed by atoms with E-state index in [1.165, 1.54) is 0 Å². The van der Waals surface area contributed by atoms with Crippen LogP contribution in [0.1, 0.15) is 43.2 Å². The molecule has 6 heterocycles. The Morgan fingerprint density at radius 3 is 2.81 bits per heavy atom. The minimum Gasteiger partial charge on any atom is -0.461 e. The van der Waals surface area contributed by atoms with Gasteiger partial charge in [0.1, 0.15) is 41.0 Å². The third kappa shape index (κ3) is 4.86. The van der Waals surface area contributed by atoms with Gasteiger partial charge < -0.3 is 20.7 Å². The fourth-order valence-electron chi connectivity index (χ4n) is 8.47. The molecule has 0 amide bonds. The second kappa shape index (κ2) is 11.3. The first-order chi connectivity index (χ1) is 23.0. The van der Waals surface area contributed by atoms with E-state index in [-0.39, 0.29) is 68.4 Å².